The highest BCUT2D eigenvalue weighted by atomic mass is 16.6. The molecule has 1 aliphatic rings. The highest BCUT2D eigenvalue weighted by Crippen LogP contribution is 2.35. The number of piperidine rings is 1. The van der Waals surface area contributed by atoms with Gasteiger partial charge in [-0.1, -0.05) is 6.07 Å². The molecule has 1 fully saturated rings. The first-order valence-corrected chi connectivity index (χ1v) is 10.9. The molecule has 1 saturated heterocycles. The lowest BCUT2D eigenvalue weighted by molar-refractivity contribution is 0.0205. The van der Waals surface area contributed by atoms with E-state index in [4.69, 9.17) is 9.47 Å². The van der Waals surface area contributed by atoms with Gasteiger partial charge in [0.05, 0.1) is 30.8 Å². The average molecular weight is 438 g/mol. The zero-order chi connectivity index (χ0) is 22.9. The van der Waals surface area contributed by atoms with Crippen molar-refractivity contribution in [1.82, 2.24) is 19.4 Å². The number of nitrogens with one attached hydrogen (secondary N) is 1. The number of carbonyl (C=O) groups is 1. The van der Waals surface area contributed by atoms with E-state index in [-0.39, 0.29) is 6.09 Å². The molecule has 0 spiro atoms. The van der Waals surface area contributed by atoms with Crippen LogP contribution in [0.3, 0.4) is 0 Å². The molecule has 0 radical (unpaired) electrons. The molecule has 1 N–H and O–H groups in total. The van der Waals surface area contributed by atoms with Crippen LogP contribution in [0.15, 0.2) is 36.8 Å². The van der Waals surface area contributed by atoms with Gasteiger partial charge >= 0.3 is 6.09 Å². The first kappa shape index (κ1) is 21.9. The Hall–Kier alpha value is -3.29. The van der Waals surface area contributed by atoms with Crippen LogP contribution >= 0.6 is 0 Å². The van der Waals surface area contributed by atoms with Gasteiger partial charge in [0.1, 0.15) is 22.7 Å². The fraction of sp³-hybridized carbons (Fsp3) is 0.458. The van der Waals surface area contributed by atoms with Crippen LogP contribution in [0.5, 0.6) is 5.75 Å². The number of fused-ring (bicyclic) bond motifs is 1. The van der Waals surface area contributed by atoms with Gasteiger partial charge in [-0.25, -0.2) is 14.8 Å². The average Bonchev–Trinajstić information content (AvgIpc) is 3.13. The summed E-state index contributed by atoms with van der Waals surface area (Å²) in [5.74, 6) is 1.88. The van der Waals surface area contributed by atoms with Gasteiger partial charge in [-0.15, -0.1) is 0 Å². The number of anilines is 2. The number of nitrogens with zero attached hydrogens (tertiary/aromatic N) is 4. The normalized spacial score (nSPS) is 15.1. The molecule has 1 amide bonds. The quantitative estimate of drug-likeness (QED) is 0.629. The number of methoxy groups -OCH3 is 1. The number of imidazole rings is 1. The van der Waals surface area contributed by atoms with Crippen molar-refractivity contribution in [3.05, 3.63) is 42.4 Å². The largest absolute Gasteiger partial charge is 0.495 e. The molecule has 32 heavy (non-hydrogen) atoms. The molecule has 1 aliphatic heterocycles. The number of benzene rings is 1. The Kier molecular flexibility index (Phi) is 5.95. The molecule has 1 aromatic carbocycles. The molecule has 3 heterocycles. The van der Waals surface area contributed by atoms with Gasteiger partial charge in [-0.3, -0.25) is 0 Å². The molecule has 2 aromatic heterocycles. The number of pyridine rings is 1. The molecule has 0 aliphatic carbocycles. The Morgan fingerprint density at radius 2 is 1.91 bits per heavy atom. The number of carbonyl (C=O) groups excluding carboxylic acids is 1. The molecule has 8 nitrogen and oxygen atoms in total. The smallest absolute Gasteiger partial charge is 0.410 e. The van der Waals surface area contributed by atoms with Gasteiger partial charge in [0, 0.05) is 26.2 Å². The molecule has 0 bridgehead atoms. The highest BCUT2D eigenvalue weighted by molar-refractivity contribution is 5.79. The van der Waals surface area contributed by atoms with Crippen molar-refractivity contribution >= 4 is 28.6 Å². The summed E-state index contributed by atoms with van der Waals surface area (Å²) in [5.41, 5.74) is 3.47. The van der Waals surface area contributed by atoms with Crippen LogP contribution in [0, 0.1) is 0 Å². The lowest BCUT2D eigenvalue weighted by Crippen LogP contribution is -2.41. The van der Waals surface area contributed by atoms with Crippen LogP contribution in [0.2, 0.25) is 0 Å². The summed E-state index contributed by atoms with van der Waals surface area (Å²) < 4.78 is 13.1. The van der Waals surface area contributed by atoms with Crippen molar-refractivity contribution in [3.63, 3.8) is 0 Å². The van der Waals surface area contributed by atoms with E-state index in [1.54, 1.807) is 24.5 Å². The first-order chi connectivity index (χ1) is 15.2. The van der Waals surface area contributed by atoms with Crippen LogP contribution in [-0.4, -0.2) is 51.3 Å². The summed E-state index contributed by atoms with van der Waals surface area (Å²) in [6, 6.07) is 8.21. The van der Waals surface area contributed by atoms with Crippen molar-refractivity contribution < 1.29 is 14.3 Å². The zero-order valence-corrected chi connectivity index (χ0v) is 19.4. The van der Waals surface area contributed by atoms with Gasteiger partial charge in [0.2, 0.25) is 0 Å². The summed E-state index contributed by atoms with van der Waals surface area (Å²) >= 11 is 0. The fourth-order valence-corrected chi connectivity index (χ4v) is 4.02. The molecular weight excluding hydrogens is 406 g/mol. The van der Waals surface area contributed by atoms with E-state index >= 15 is 0 Å². The summed E-state index contributed by atoms with van der Waals surface area (Å²) in [4.78, 5) is 22.9. The zero-order valence-electron chi connectivity index (χ0n) is 19.4. The molecule has 0 atom stereocenters. The highest BCUT2D eigenvalue weighted by Gasteiger charge is 2.27. The van der Waals surface area contributed by atoms with Crippen LogP contribution < -0.4 is 10.1 Å². The second-order valence-corrected chi connectivity index (χ2v) is 9.24. The van der Waals surface area contributed by atoms with E-state index in [2.05, 4.69) is 27.4 Å². The third-order valence-corrected chi connectivity index (χ3v) is 5.72. The topological polar surface area (TPSA) is 81.5 Å². The van der Waals surface area contributed by atoms with Crippen LogP contribution in [0.1, 0.15) is 45.1 Å². The summed E-state index contributed by atoms with van der Waals surface area (Å²) in [6.45, 7) is 7.06. The predicted molar refractivity (Wildman–Crippen MR) is 125 cm³/mol. The minimum atomic E-state index is -0.472. The Bertz CT molecular complexity index is 1110. The van der Waals surface area contributed by atoms with Gasteiger partial charge in [0.25, 0.3) is 0 Å². The van der Waals surface area contributed by atoms with Crippen molar-refractivity contribution in [2.24, 2.45) is 7.05 Å². The number of rotatable bonds is 4. The second-order valence-electron chi connectivity index (χ2n) is 9.24. The van der Waals surface area contributed by atoms with E-state index < -0.39 is 5.60 Å². The lowest BCUT2D eigenvalue weighted by Gasteiger charge is -2.33. The van der Waals surface area contributed by atoms with Crippen molar-refractivity contribution in [2.45, 2.75) is 45.1 Å². The maximum atomic E-state index is 12.3. The Labute approximate surface area is 188 Å². The predicted octanol–water partition coefficient (Wildman–Crippen LogP) is 4.84. The third kappa shape index (κ3) is 4.79. The van der Waals surface area contributed by atoms with Gasteiger partial charge in [-0.2, -0.15) is 0 Å². The molecule has 3 aromatic rings. The number of ether oxygens (including phenoxy) is 2. The van der Waals surface area contributed by atoms with Crippen LogP contribution in [0.4, 0.5) is 16.3 Å². The fourth-order valence-electron chi connectivity index (χ4n) is 4.02. The van der Waals surface area contributed by atoms with Crippen molar-refractivity contribution in [1.29, 1.82) is 0 Å². The Morgan fingerprint density at radius 1 is 1.16 bits per heavy atom. The second kappa shape index (κ2) is 8.68. The molecule has 170 valence electrons. The van der Waals surface area contributed by atoms with Crippen LogP contribution in [0.25, 0.3) is 11.0 Å². The Balaban J connectivity index is 1.44. The van der Waals surface area contributed by atoms with Crippen LogP contribution in [-0.2, 0) is 11.8 Å². The van der Waals surface area contributed by atoms with Crippen molar-refractivity contribution in [2.75, 3.05) is 25.5 Å². The summed E-state index contributed by atoms with van der Waals surface area (Å²) in [7, 11) is 3.63. The van der Waals surface area contributed by atoms with E-state index in [1.165, 1.54) is 5.56 Å². The van der Waals surface area contributed by atoms with Gasteiger partial charge in [-0.05, 0) is 57.2 Å². The van der Waals surface area contributed by atoms with E-state index in [0.29, 0.717) is 19.0 Å². The van der Waals surface area contributed by atoms with Crippen molar-refractivity contribution in [3.8, 4) is 5.75 Å². The van der Waals surface area contributed by atoms with E-state index in [0.717, 1.165) is 41.1 Å². The lowest BCUT2D eigenvalue weighted by atomic mass is 9.89. The maximum Gasteiger partial charge on any atom is 0.410 e. The minimum absolute atomic E-state index is 0.231. The molecule has 8 heteroatoms. The summed E-state index contributed by atoms with van der Waals surface area (Å²) in [6.07, 6.45) is 5.10. The molecule has 0 unspecified atom stereocenters. The number of hydrogen-bond donors (Lipinski definition) is 1. The summed E-state index contributed by atoms with van der Waals surface area (Å²) in [5, 5.41) is 3.36. The number of likely N-dealkylation sites (tertiary alicyclic amines) is 1. The van der Waals surface area contributed by atoms with E-state index in [9.17, 15) is 4.79 Å². The monoisotopic (exact) mass is 437 g/mol. The molecule has 4 rings (SSSR count). The number of amides is 1. The number of hydrogen-bond acceptors (Lipinski definition) is 6. The first-order valence-electron chi connectivity index (χ1n) is 10.9. The Morgan fingerprint density at radius 3 is 2.59 bits per heavy atom. The SMILES string of the molecule is COc1cc(C2CCN(C(=O)OC(C)(C)C)CC2)ccc1Nc1cc2c(cn1)ncn2C. The van der Waals surface area contributed by atoms with Gasteiger partial charge in [0.15, 0.2) is 0 Å². The third-order valence-electron chi connectivity index (χ3n) is 5.72. The standard InChI is InChI=1S/C24H31N5O3/c1-24(2,3)32-23(30)29-10-8-16(9-11-29)17-6-7-18(21(12-17)31-5)27-22-13-20-19(14-25-22)26-15-28(20)4/h6-7,12-16H,8-11H2,1-5H3,(H,25,27). The number of aryl methyl sites for hydroxylation is 1. The minimum Gasteiger partial charge on any atom is -0.495 e. The van der Waals surface area contributed by atoms with E-state index in [1.807, 2.05) is 44.5 Å². The molecular formula is C24H31N5O3. The van der Waals surface area contributed by atoms with Gasteiger partial charge < -0.3 is 24.3 Å². The maximum absolute atomic E-state index is 12.3. The number of aromatic nitrogens is 3. The molecule has 0 saturated carbocycles.